The molecule has 0 radical (unpaired) electrons. The predicted molar refractivity (Wildman–Crippen MR) is 163 cm³/mol. The number of ether oxygens (including phenoxy) is 3. The van der Waals surface area contributed by atoms with E-state index >= 15 is 0 Å². The first-order valence-corrected chi connectivity index (χ1v) is 13.2. The van der Waals surface area contributed by atoms with Gasteiger partial charge in [0.2, 0.25) is 0 Å². The molecule has 0 aliphatic rings. The minimum Gasteiger partial charge on any atom is -0.497 e. The van der Waals surface area contributed by atoms with Crippen LogP contribution in [0.3, 0.4) is 0 Å². The second-order valence-corrected chi connectivity index (χ2v) is 9.79. The molecule has 4 nitrogen and oxygen atoms in total. The minimum atomic E-state index is -0.464. The zero-order valence-corrected chi connectivity index (χ0v) is 23.8. The maximum atomic E-state index is 12.6. The molecule has 5 aromatic rings. The highest BCUT2D eigenvalue weighted by Gasteiger charge is 2.13. The molecule has 0 unspecified atom stereocenters. The SMILES string of the molecule is COC(=O)c1cc(C#Cc2cccc3c(OC)c4cccc(I)c4cc23)ccc1C#Cc1ccc(OC)cc1. The lowest BCUT2D eigenvalue weighted by Gasteiger charge is -2.12. The zero-order valence-electron chi connectivity index (χ0n) is 21.6. The van der Waals surface area contributed by atoms with E-state index in [9.17, 15) is 4.79 Å². The number of hydrogen-bond acceptors (Lipinski definition) is 4. The fourth-order valence-electron chi connectivity index (χ4n) is 4.38. The summed E-state index contributed by atoms with van der Waals surface area (Å²) in [6.07, 6.45) is 0. The Morgan fingerprint density at radius 1 is 0.641 bits per heavy atom. The van der Waals surface area contributed by atoms with Crippen LogP contribution in [0.2, 0.25) is 0 Å². The monoisotopic (exact) mass is 622 g/mol. The standard InChI is InChI=1S/C34H23IO4/c1-37-26-18-13-22(14-19-26)10-15-25-17-12-23(20-30(25)34(36)39-3)11-16-24-6-4-7-27-29(24)21-31-28(33(27)38-2)8-5-9-32(31)35/h4-9,12-14,17-21H,1-3H3. The van der Waals surface area contributed by atoms with Gasteiger partial charge in [-0.25, -0.2) is 4.79 Å². The summed E-state index contributed by atoms with van der Waals surface area (Å²) < 4.78 is 17.2. The van der Waals surface area contributed by atoms with Gasteiger partial charge in [-0.1, -0.05) is 47.9 Å². The number of carbonyl (C=O) groups is 1. The number of halogens is 1. The average Bonchev–Trinajstić information content (AvgIpc) is 2.98. The molecule has 0 aromatic heterocycles. The third-order valence-corrected chi connectivity index (χ3v) is 7.28. The molecule has 0 bridgehead atoms. The van der Waals surface area contributed by atoms with Gasteiger partial charge in [-0.2, -0.15) is 0 Å². The Hall–Kier alpha value is -4.46. The largest absolute Gasteiger partial charge is 0.497 e. The number of carbonyl (C=O) groups excluding carboxylic acids is 1. The Labute approximate surface area is 241 Å². The van der Waals surface area contributed by atoms with Gasteiger partial charge in [0, 0.05) is 42.0 Å². The summed E-state index contributed by atoms with van der Waals surface area (Å²) in [7, 11) is 4.67. The van der Waals surface area contributed by atoms with Gasteiger partial charge < -0.3 is 14.2 Å². The first kappa shape index (κ1) is 26.2. The number of benzene rings is 5. The van der Waals surface area contributed by atoms with Crippen LogP contribution in [0.1, 0.15) is 32.6 Å². The molecule has 0 fully saturated rings. The fraction of sp³-hybridized carbons (Fsp3) is 0.0882. The summed E-state index contributed by atoms with van der Waals surface area (Å²) in [6.45, 7) is 0. The van der Waals surface area contributed by atoms with Crippen LogP contribution in [-0.4, -0.2) is 27.3 Å². The third-order valence-electron chi connectivity index (χ3n) is 6.34. The van der Waals surface area contributed by atoms with Gasteiger partial charge in [-0.15, -0.1) is 0 Å². The van der Waals surface area contributed by atoms with E-state index in [1.807, 2.05) is 54.6 Å². The quantitative estimate of drug-likeness (QED) is 0.0925. The highest BCUT2D eigenvalue weighted by Crippen LogP contribution is 2.37. The third kappa shape index (κ3) is 5.41. The molecule has 5 rings (SSSR count). The summed E-state index contributed by atoms with van der Waals surface area (Å²) in [4.78, 5) is 12.6. The molecule has 190 valence electrons. The summed E-state index contributed by atoms with van der Waals surface area (Å²) in [5, 5.41) is 4.19. The molecule has 5 aromatic carbocycles. The van der Waals surface area contributed by atoms with Crippen molar-refractivity contribution in [3.8, 4) is 35.2 Å². The zero-order chi connectivity index (χ0) is 27.4. The molecule has 0 N–H and O–H groups in total. The van der Waals surface area contributed by atoms with E-state index in [1.54, 1.807) is 26.4 Å². The van der Waals surface area contributed by atoms with E-state index in [1.165, 1.54) is 7.11 Å². The molecule has 0 spiro atoms. The number of esters is 1. The Kier molecular flexibility index (Phi) is 7.72. The number of hydrogen-bond donors (Lipinski definition) is 0. The molecule has 0 aliphatic heterocycles. The molecule has 0 atom stereocenters. The van der Waals surface area contributed by atoms with E-state index in [2.05, 4.69) is 64.5 Å². The van der Waals surface area contributed by atoms with Gasteiger partial charge in [0.15, 0.2) is 0 Å². The molecular weight excluding hydrogens is 599 g/mol. The lowest BCUT2D eigenvalue weighted by molar-refractivity contribution is 0.0600. The number of rotatable bonds is 3. The summed E-state index contributed by atoms with van der Waals surface area (Å²) in [5.74, 6) is 13.8. The second kappa shape index (κ2) is 11.5. The Morgan fingerprint density at radius 2 is 1.31 bits per heavy atom. The average molecular weight is 622 g/mol. The van der Waals surface area contributed by atoms with Crippen molar-refractivity contribution in [2.45, 2.75) is 0 Å². The van der Waals surface area contributed by atoms with Gasteiger partial charge in [0.1, 0.15) is 11.5 Å². The van der Waals surface area contributed by atoms with Crippen molar-refractivity contribution in [1.29, 1.82) is 0 Å². The maximum absolute atomic E-state index is 12.6. The van der Waals surface area contributed by atoms with Crippen LogP contribution in [0.5, 0.6) is 11.5 Å². The second-order valence-electron chi connectivity index (χ2n) is 8.63. The Morgan fingerprint density at radius 3 is 2.03 bits per heavy atom. The van der Waals surface area contributed by atoms with Crippen LogP contribution in [0, 0.1) is 27.3 Å². The molecule has 0 amide bonds. The number of fused-ring (bicyclic) bond motifs is 2. The smallest absolute Gasteiger partial charge is 0.339 e. The van der Waals surface area contributed by atoms with Crippen LogP contribution >= 0.6 is 22.6 Å². The Balaban J connectivity index is 1.56. The molecule has 0 saturated carbocycles. The van der Waals surface area contributed by atoms with Crippen LogP contribution in [0.15, 0.2) is 84.9 Å². The van der Waals surface area contributed by atoms with Gasteiger partial charge in [-0.3, -0.25) is 0 Å². The maximum Gasteiger partial charge on any atom is 0.339 e. The van der Waals surface area contributed by atoms with Crippen LogP contribution in [0.25, 0.3) is 21.5 Å². The summed E-state index contributed by atoms with van der Waals surface area (Å²) in [6, 6.07) is 27.2. The van der Waals surface area contributed by atoms with Crippen LogP contribution < -0.4 is 9.47 Å². The lowest BCUT2D eigenvalue weighted by atomic mass is 9.98. The van der Waals surface area contributed by atoms with Gasteiger partial charge >= 0.3 is 5.97 Å². The van der Waals surface area contributed by atoms with Crippen molar-refractivity contribution in [1.82, 2.24) is 0 Å². The molecule has 0 heterocycles. The van der Waals surface area contributed by atoms with E-state index in [0.717, 1.165) is 47.7 Å². The van der Waals surface area contributed by atoms with E-state index in [4.69, 9.17) is 14.2 Å². The molecule has 39 heavy (non-hydrogen) atoms. The van der Waals surface area contributed by atoms with Crippen LogP contribution in [-0.2, 0) is 4.74 Å². The minimum absolute atomic E-state index is 0.366. The summed E-state index contributed by atoms with van der Waals surface area (Å²) in [5.41, 5.74) is 3.30. The lowest BCUT2D eigenvalue weighted by Crippen LogP contribution is -2.04. The first-order chi connectivity index (χ1) is 19.0. The summed E-state index contributed by atoms with van der Waals surface area (Å²) >= 11 is 2.34. The normalized spacial score (nSPS) is 10.3. The van der Waals surface area contributed by atoms with Crippen LogP contribution in [0.4, 0.5) is 0 Å². The fourth-order valence-corrected chi connectivity index (χ4v) is 5.04. The van der Waals surface area contributed by atoms with Crippen molar-refractivity contribution in [2.24, 2.45) is 0 Å². The van der Waals surface area contributed by atoms with E-state index in [0.29, 0.717) is 16.7 Å². The molecular formula is C34H23IO4. The highest BCUT2D eigenvalue weighted by molar-refractivity contribution is 14.1. The first-order valence-electron chi connectivity index (χ1n) is 12.1. The highest BCUT2D eigenvalue weighted by atomic mass is 127. The van der Waals surface area contributed by atoms with Crippen molar-refractivity contribution in [3.63, 3.8) is 0 Å². The number of methoxy groups -OCH3 is 3. The Bertz CT molecular complexity index is 1850. The molecule has 0 saturated heterocycles. The van der Waals surface area contributed by atoms with Gasteiger partial charge in [0.05, 0.1) is 26.9 Å². The predicted octanol–water partition coefficient (Wildman–Crippen LogP) is 7.20. The topological polar surface area (TPSA) is 44.8 Å². The van der Waals surface area contributed by atoms with E-state index in [-0.39, 0.29) is 0 Å². The van der Waals surface area contributed by atoms with Gasteiger partial charge in [-0.05, 0) is 88.6 Å². The van der Waals surface area contributed by atoms with E-state index < -0.39 is 5.97 Å². The van der Waals surface area contributed by atoms with Crippen molar-refractivity contribution >= 4 is 50.1 Å². The van der Waals surface area contributed by atoms with Gasteiger partial charge in [0.25, 0.3) is 0 Å². The van der Waals surface area contributed by atoms with Crippen molar-refractivity contribution in [2.75, 3.05) is 21.3 Å². The van der Waals surface area contributed by atoms with Crippen molar-refractivity contribution in [3.05, 3.63) is 116 Å². The van der Waals surface area contributed by atoms with Crippen molar-refractivity contribution < 1.29 is 19.0 Å². The molecule has 0 aliphatic carbocycles. The molecule has 5 heteroatoms.